The Morgan fingerprint density at radius 1 is 0.364 bits per heavy atom. The fourth-order valence-corrected chi connectivity index (χ4v) is 10.0. The summed E-state index contributed by atoms with van der Waals surface area (Å²) in [6.45, 7) is 4.71. The Morgan fingerprint density at radius 3 is 1.62 bits per heavy atom. The molecule has 1 aromatic heterocycles. The quantitative estimate of drug-likeness (QED) is 0.171. The second kappa shape index (κ2) is 12.3. The van der Waals surface area contributed by atoms with Crippen LogP contribution in [0.25, 0.3) is 75.1 Å². The van der Waals surface area contributed by atoms with Crippen LogP contribution in [0.2, 0.25) is 0 Å². The predicted octanol–water partition coefficient (Wildman–Crippen LogP) is 15.5. The van der Waals surface area contributed by atoms with Gasteiger partial charge in [0.25, 0.3) is 0 Å². The summed E-state index contributed by atoms with van der Waals surface area (Å²) in [5.74, 6) is 0. The average molecular weight is 720 g/mol. The maximum atomic E-state index is 2.42. The van der Waals surface area contributed by atoms with E-state index in [0.717, 1.165) is 17.1 Å². The Morgan fingerprint density at radius 2 is 0.891 bits per heavy atom. The van der Waals surface area contributed by atoms with E-state index in [0.29, 0.717) is 0 Å². The van der Waals surface area contributed by atoms with Gasteiger partial charge in [-0.1, -0.05) is 135 Å². The van der Waals surface area contributed by atoms with E-state index in [9.17, 15) is 0 Å². The number of anilines is 3. The zero-order valence-electron chi connectivity index (χ0n) is 30.8. The fourth-order valence-electron chi connectivity index (χ4n) is 8.90. The lowest BCUT2D eigenvalue weighted by Gasteiger charge is -2.28. The Bertz CT molecular complexity index is 3110. The van der Waals surface area contributed by atoms with Crippen molar-refractivity contribution in [2.45, 2.75) is 19.3 Å². The van der Waals surface area contributed by atoms with Crippen LogP contribution >= 0.6 is 11.3 Å². The zero-order valence-corrected chi connectivity index (χ0v) is 31.6. The fraction of sp³-hybridized carbons (Fsp3) is 0.0566. The number of rotatable bonds is 5. The van der Waals surface area contributed by atoms with Gasteiger partial charge in [-0.25, -0.2) is 0 Å². The molecule has 0 saturated carbocycles. The summed E-state index contributed by atoms with van der Waals surface area (Å²) in [6, 6.07) is 69.7. The first-order chi connectivity index (χ1) is 27.0. The minimum absolute atomic E-state index is 0.0891. The Labute approximate surface area is 325 Å². The molecular weight excluding hydrogens is 683 g/mol. The second-order valence-electron chi connectivity index (χ2n) is 15.4. The monoisotopic (exact) mass is 719 g/mol. The van der Waals surface area contributed by atoms with Gasteiger partial charge >= 0.3 is 0 Å². The van der Waals surface area contributed by atoms with Crippen LogP contribution in [-0.4, -0.2) is 0 Å². The third-order valence-electron chi connectivity index (χ3n) is 11.8. The van der Waals surface area contributed by atoms with Crippen molar-refractivity contribution in [3.63, 3.8) is 0 Å². The number of nitrogens with zero attached hydrogens (tertiary/aromatic N) is 1. The maximum Gasteiger partial charge on any atom is 0.0465 e. The van der Waals surface area contributed by atoms with Gasteiger partial charge in [0.1, 0.15) is 0 Å². The van der Waals surface area contributed by atoms with Gasteiger partial charge in [-0.3, -0.25) is 0 Å². The lowest BCUT2D eigenvalue weighted by atomic mass is 9.82. The number of hydrogen-bond acceptors (Lipinski definition) is 2. The van der Waals surface area contributed by atoms with Gasteiger partial charge in [0.2, 0.25) is 0 Å². The molecule has 260 valence electrons. The molecule has 2 heteroatoms. The standard InChI is InChI=1S/C53H37NS/c1-53(2)49-14-8-7-13-45(49)46-27-26-44(33-50(46)53)54(42-22-17-35(18-23-42)40-16-15-34-9-3-4-10-37(34)29-40)43-24-19-36(20-25-43)41-21-28-51-47(31-41)48-30-38-11-5-6-12-39(38)32-52(48)55-51/h3-33H,1-2H3. The van der Waals surface area contributed by atoms with Crippen LogP contribution in [0.4, 0.5) is 17.1 Å². The molecule has 10 aromatic rings. The molecule has 0 aliphatic heterocycles. The SMILES string of the molecule is CC1(C)c2ccccc2-c2ccc(N(c3ccc(-c4ccc5ccccc5c4)cc3)c3ccc(-c4ccc5sc6cc7ccccc7cc6c5c4)cc3)cc21. The lowest BCUT2D eigenvalue weighted by Crippen LogP contribution is -2.16. The number of hydrogen-bond donors (Lipinski definition) is 0. The molecule has 0 amide bonds. The van der Waals surface area contributed by atoms with Crippen LogP contribution in [-0.2, 0) is 5.41 Å². The molecule has 0 bridgehead atoms. The number of thiophene rings is 1. The van der Waals surface area contributed by atoms with Gasteiger partial charge < -0.3 is 4.90 Å². The molecule has 1 heterocycles. The minimum Gasteiger partial charge on any atom is -0.310 e. The zero-order chi connectivity index (χ0) is 36.7. The van der Waals surface area contributed by atoms with Crippen molar-refractivity contribution in [1.82, 2.24) is 0 Å². The Kier molecular flexibility index (Phi) is 7.14. The van der Waals surface area contributed by atoms with E-state index in [-0.39, 0.29) is 5.41 Å². The van der Waals surface area contributed by atoms with E-state index in [2.05, 4.69) is 207 Å². The first kappa shape index (κ1) is 32.0. The van der Waals surface area contributed by atoms with Crippen LogP contribution in [0, 0.1) is 0 Å². The van der Waals surface area contributed by atoms with E-state index >= 15 is 0 Å². The van der Waals surface area contributed by atoms with Gasteiger partial charge in [-0.2, -0.15) is 0 Å². The molecule has 0 saturated heterocycles. The Balaban J connectivity index is 1.00. The summed E-state index contributed by atoms with van der Waals surface area (Å²) in [5, 5.41) is 7.75. The van der Waals surface area contributed by atoms with Crippen molar-refractivity contribution in [1.29, 1.82) is 0 Å². The van der Waals surface area contributed by atoms with Gasteiger partial charge in [0.05, 0.1) is 0 Å². The van der Waals surface area contributed by atoms with Gasteiger partial charge in [-0.15, -0.1) is 11.3 Å². The minimum atomic E-state index is -0.0891. The highest BCUT2D eigenvalue weighted by Crippen LogP contribution is 2.51. The van der Waals surface area contributed by atoms with Crippen molar-refractivity contribution < 1.29 is 0 Å². The number of fused-ring (bicyclic) bond motifs is 8. The van der Waals surface area contributed by atoms with Gasteiger partial charge in [0, 0.05) is 42.6 Å². The first-order valence-electron chi connectivity index (χ1n) is 19.1. The highest BCUT2D eigenvalue weighted by Gasteiger charge is 2.35. The molecule has 0 fully saturated rings. The molecule has 0 atom stereocenters. The van der Waals surface area contributed by atoms with Crippen molar-refractivity contribution in [2.75, 3.05) is 4.90 Å². The first-order valence-corrected chi connectivity index (χ1v) is 19.9. The molecule has 55 heavy (non-hydrogen) atoms. The van der Waals surface area contributed by atoms with Crippen LogP contribution < -0.4 is 4.90 Å². The summed E-state index contributed by atoms with van der Waals surface area (Å²) in [6.07, 6.45) is 0. The summed E-state index contributed by atoms with van der Waals surface area (Å²) < 4.78 is 2.66. The van der Waals surface area contributed by atoms with Crippen molar-refractivity contribution in [2.24, 2.45) is 0 Å². The van der Waals surface area contributed by atoms with E-state index in [1.165, 1.54) is 86.2 Å². The van der Waals surface area contributed by atoms with Crippen LogP contribution in [0.1, 0.15) is 25.0 Å². The molecule has 0 radical (unpaired) electrons. The maximum absolute atomic E-state index is 2.42. The van der Waals surface area contributed by atoms with Crippen molar-refractivity contribution in [3.8, 4) is 33.4 Å². The van der Waals surface area contributed by atoms with Crippen molar-refractivity contribution in [3.05, 3.63) is 199 Å². The molecular formula is C53H37NS. The highest BCUT2D eigenvalue weighted by molar-refractivity contribution is 7.25. The molecule has 1 aliphatic rings. The molecule has 0 N–H and O–H groups in total. The largest absolute Gasteiger partial charge is 0.310 e. The Hall–Kier alpha value is -6.48. The molecule has 0 spiro atoms. The summed E-state index contributed by atoms with van der Waals surface area (Å²) in [7, 11) is 0. The van der Waals surface area contributed by atoms with Gasteiger partial charge in [0.15, 0.2) is 0 Å². The average Bonchev–Trinajstić information content (AvgIpc) is 3.70. The summed E-state index contributed by atoms with van der Waals surface area (Å²) in [5.41, 5.74) is 13.6. The van der Waals surface area contributed by atoms with Crippen molar-refractivity contribution >= 4 is 70.1 Å². The van der Waals surface area contributed by atoms with E-state index in [4.69, 9.17) is 0 Å². The third-order valence-corrected chi connectivity index (χ3v) is 13.0. The topological polar surface area (TPSA) is 3.24 Å². The molecule has 9 aromatic carbocycles. The predicted molar refractivity (Wildman–Crippen MR) is 237 cm³/mol. The van der Waals surface area contributed by atoms with Crippen LogP contribution in [0.15, 0.2) is 188 Å². The highest BCUT2D eigenvalue weighted by atomic mass is 32.1. The number of benzene rings is 9. The third kappa shape index (κ3) is 5.21. The molecule has 1 aliphatic carbocycles. The summed E-state index contributed by atoms with van der Waals surface area (Å²) in [4.78, 5) is 2.41. The lowest BCUT2D eigenvalue weighted by molar-refractivity contribution is 0.660. The smallest absolute Gasteiger partial charge is 0.0465 e. The summed E-state index contributed by atoms with van der Waals surface area (Å²) >= 11 is 1.88. The normalized spacial score (nSPS) is 13.1. The van der Waals surface area contributed by atoms with Crippen LogP contribution in [0.5, 0.6) is 0 Å². The van der Waals surface area contributed by atoms with Gasteiger partial charge in [-0.05, 0) is 133 Å². The van der Waals surface area contributed by atoms with E-state index in [1.807, 2.05) is 11.3 Å². The van der Waals surface area contributed by atoms with E-state index in [1.54, 1.807) is 0 Å². The molecule has 1 nitrogen and oxygen atoms in total. The van der Waals surface area contributed by atoms with E-state index < -0.39 is 0 Å². The second-order valence-corrected chi connectivity index (χ2v) is 16.5. The molecule has 11 rings (SSSR count). The van der Waals surface area contributed by atoms with Crippen LogP contribution in [0.3, 0.4) is 0 Å². The molecule has 0 unspecified atom stereocenters.